The zero-order valence-electron chi connectivity index (χ0n) is 12.8. The van der Waals surface area contributed by atoms with E-state index in [9.17, 15) is 4.79 Å². The van der Waals surface area contributed by atoms with Gasteiger partial charge in [0.25, 0.3) is 0 Å². The quantitative estimate of drug-likeness (QED) is 0.828. The van der Waals surface area contributed by atoms with Crippen LogP contribution >= 0.6 is 0 Å². The molecule has 1 aromatic rings. The summed E-state index contributed by atoms with van der Waals surface area (Å²) < 4.78 is 2.17. The van der Waals surface area contributed by atoms with E-state index in [4.69, 9.17) is 5.73 Å². The molecule has 5 heteroatoms. The molecule has 0 aromatic carbocycles. The van der Waals surface area contributed by atoms with Gasteiger partial charge in [-0.25, -0.2) is 4.98 Å². The zero-order valence-corrected chi connectivity index (χ0v) is 12.8. The van der Waals surface area contributed by atoms with E-state index in [-0.39, 0.29) is 5.91 Å². The molecule has 5 nitrogen and oxygen atoms in total. The summed E-state index contributed by atoms with van der Waals surface area (Å²) in [6.45, 7) is 7.82. The first-order valence-corrected chi connectivity index (χ1v) is 7.54. The normalized spacial score (nSPS) is 26.1. The lowest BCUT2D eigenvalue weighted by molar-refractivity contribution is -0.126. The van der Waals surface area contributed by atoms with Crippen LogP contribution in [0.3, 0.4) is 0 Å². The summed E-state index contributed by atoms with van der Waals surface area (Å²) >= 11 is 0. The lowest BCUT2D eigenvalue weighted by atomic mass is 9.83. The van der Waals surface area contributed by atoms with Crippen molar-refractivity contribution in [1.82, 2.24) is 14.9 Å². The van der Waals surface area contributed by atoms with E-state index >= 15 is 0 Å². The van der Waals surface area contributed by atoms with Crippen LogP contribution in [0.5, 0.6) is 0 Å². The number of hydrogen-bond acceptors (Lipinski definition) is 3. The molecule has 20 heavy (non-hydrogen) atoms. The summed E-state index contributed by atoms with van der Waals surface area (Å²) in [5.41, 5.74) is 7.47. The lowest BCUT2D eigenvalue weighted by Crippen LogP contribution is -2.58. The number of primary amides is 1. The second kappa shape index (κ2) is 5.95. The molecule has 1 saturated carbocycles. The minimum Gasteiger partial charge on any atom is -0.368 e. The number of nitrogens with two attached hydrogens (primary N) is 1. The molecule has 1 aromatic heterocycles. The first-order chi connectivity index (χ1) is 9.51. The maximum absolute atomic E-state index is 11.9. The van der Waals surface area contributed by atoms with Gasteiger partial charge in [0.15, 0.2) is 0 Å². The largest absolute Gasteiger partial charge is 0.368 e. The Balaban J connectivity index is 2.07. The number of likely N-dealkylation sites (N-methyl/N-ethyl adjacent to an activating group) is 1. The fraction of sp³-hybridized carbons (Fsp3) is 0.733. The van der Waals surface area contributed by atoms with Crippen molar-refractivity contribution in [3.63, 3.8) is 0 Å². The molecule has 0 saturated heterocycles. The van der Waals surface area contributed by atoms with Crippen LogP contribution in [0.2, 0.25) is 0 Å². The molecule has 0 spiro atoms. The summed E-state index contributed by atoms with van der Waals surface area (Å²) in [7, 11) is 0. The van der Waals surface area contributed by atoms with E-state index in [1.165, 1.54) is 5.69 Å². The number of hydrogen-bond donors (Lipinski definition) is 2. The van der Waals surface area contributed by atoms with Gasteiger partial charge >= 0.3 is 0 Å². The molecule has 1 aliphatic carbocycles. The van der Waals surface area contributed by atoms with E-state index in [0.29, 0.717) is 5.92 Å². The van der Waals surface area contributed by atoms with E-state index in [2.05, 4.69) is 21.8 Å². The van der Waals surface area contributed by atoms with Gasteiger partial charge in [0, 0.05) is 12.2 Å². The van der Waals surface area contributed by atoms with Gasteiger partial charge < -0.3 is 15.6 Å². The van der Waals surface area contributed by atoms with E-state index in [1.807, 2.05) is 20.2 Å². The molecule has 1 fully saturated rings. The maximum Gasteiger partial charge on any atom is 0.238 e. The Morgan fingerprint density at radius 1 is 1.60 bits per heavy atom. The Bertz CT molecular complexity index is 482. The second-order valence-corrected chi connectivity index (χ2v) is 5.85. The molecule has 1 amide bonds. The summed E-state index contributed by atoms with van der Waals surface area (Å²) in [5.74, 6) is 0.127. The topological polar surface area (TPSA) is 72.9 Å². The number of rotatable bonds is 6. The predicted molar refractivity (Wildman–Crippen MR) is 79.3 cm³/mol. The van der Waals surface area contributed by atoms with E-state index < -0.39 is 5.54 Å². The van der Waals surface area contributed by atoms with Gasteiger partial charge in [0.1, 0.15) is 5.54 Å². The number of aryl methyl sites for hydroxylation is 2. The highest BCUT2D eigenvalue weighted by atomic mass is 16.1. The molecule has 2 rings (SSSR count). The second-order valence-electron chi connectivity index (χ2n) is 5.85. The Morgan fingerprint density at radius 3 is 2.90 bits per heavy atom. The van der Waals surface area contributed by atoms with Crippen molar-refractivity contribution in [1.29, 1.82) is 0 Å². The number of aromatic nitrogens is 2. The molecular formula is C15H26N4O. The highest BCUT2D eigenvalue weighted by molar-refractivity contribution is 5.85. The van der Waals surface area contributed by atoms with Gasteiger partial charge in [-0.15, -0.1) is 0 Å². The van der Waals surface area contributed by atoms with E-state index in [1.54, 1.807) is 0 Å². The molecule has 2 atom stereocenters. The van der Waals surface area contributed by atoms with Crippen molar-refractivity contribution < 1.29 is 4.79 Å². The van der Waals surface area contributed by atoms with Crippen LogP contribution in [0.25, 0.3) is 0 Å². The third kappa shape index (κ3) is 2.59. The van der Waals surface area contributed by atoms with Gasteiger partial charge in [0.2, 0.25) is 5.91 Å². The summed E-state index contributed by atoms with van der Waals surface area (Å²) in [4.78, 5) is 16.3. The lowest BCUT2D eigenvalue weighted by Gasteiger charge is -2.33. The van der Waals surface area contributed by atoms with Crippen molar-refractivity contribution in [2.75, 3.05) is 6.54 Å². The summed E-state index contributed by atoms with van der Waals surface area (Å²) in [6.07, 6.45) is 5.86. The average Bonchev–Trinajstić information content (AvgIpc) is 2.95. The number of carbonyl (C=O) groups excluding carboxylic acids is 1. The van der Waals surface area contributed by atoms with Crippen molar-refractivity contribution in [3.8, 4) is 0 Å². The van der Waals surface area contributed by atoms with Crippen LogP contribution in [-0.2, 0) is 11.3 Å². The molecular weight excluding hydrogens is 252 g/mol. The first kappa shape index (κ1) is 15.0. The van der Waals surface area contributed by atoms with Crippen molar-refractivity contribution in [3.05, 3.63) is 17.7 Å². The van der Waals surface area contributed by atoms with Crippen LogP contribution in [0, 0.1) is 19.8 Å². The minimum atomic E-state index is -0.502. The third-order valence-electron chi connectivity index (χ3n) is 4.82. The van der Waals surface area contributed by atoms with Gasteiger partial charge in [-0.05, 0) is 45.6 Å². The predicted octanol–water partition coefficient (Wildman–Crippen LogP) is 1.52. The van der Waals surface area contributed by atoms with Gasteiger partial charge in [-0.3, -0.25) is 4.79 Å². The van der Waals surface area contributed by atoms with Crippen LogP contribution in [-0.4, -0.2) is 27.5 Å². The summed E-state index contributed by atoms with van der Waals surface area (Å²) in [6, 6.07) is 0. The fourth-order valence-corrected chi connectivity index (χ4v) is 3.49. The van der Waals surface area contributed by atoms with Crippen LogP contribution in [0.1, 0.15) is 44.0 Å². The van der Waals surface area contributed by atoms with E-state index in [0.717, 1.165) is 44.5 Å². The Hall–Kier alpha value is -1.36. The number of carbonyl (C=O) groups is 1. The third-order valence-corrected chi connectivity index (χ3v) is 4.82. The molecule has 112 valence electrons. The summed E-state index contributed by atoms with van der Waals surface area (Å²) in [5, 5.41) is 3.36. The zero-order chi connectivity index (χ0) is 14.8. The van der Waals surface area contributed by atoms with Gasteiger partial charge in [0.05, 0.1) is 12.0 Å². The Kier molecular flexibility index (Phi) is 4.48. The SMILES string of the molecule is CCNC1(C(N)=O)CCCC1CCn1cnc(C)c1C. The molecule has 0 radical (unpaired) electrons. The molecule has 1 aliphatic rings. The molecule has 0 aliphatic heterocycles. The highest BCUT2D eigenvalue weighted by Gasteiger charge is 2.46. The Morgan fingerprint density at radius 2 is 2.35 bits per heavy atom. The molecule has 1 heterocycles. The van der Waals surface area contributed by atoms with Crippen LogP contribution in [0.4, 0.5) is 0 Å². The molecule has 0 bridgehead atoms. The smallest absolute Gasteiger partial charge is 0.238 e. The first-order valence-electron chi connectivity index (χ1n) is 7.54. The van der Waals surface area contributed by atoms with Crippen LogP contribution in [0.15, 0.2) is 6.33 Å². The van der Waals surface area contributed by atoms with Gasteiger partial charge in [-0.1, -0.05) is 13.3 Å². The monoisotopic (exact) mass is 278 g/mol. The van der Waals surface area contributed by atoms with Crippen molar-refractivity contribution in [2.24, 2.45) is 11.7 Å². The average molecular weight is 278 g/mol. The standard InChI is InChI=1S/C15H26N4O/c1-4-18-15(14(16)20)8-5-6-13(15)7-9-19-10-17-11(2)12(19)3/h10,13,18H,4-9H2,1-3H3,(H2,16,20). The van der Waals surface area contributed by atoms with Gasteiger partial charge in [-0.2, -0.15) is 0 Å². The number of amides is 1. The Labute approximate surface area is 120 Å². The highest BCUT2D eigenvalue weighted by Crippen LogP contribution is 2.38. The maximum atomic E-state index is 11.9. The van der Waals surface area contributed by atoms with Crippen LogP contribution < -0.4 is 11.1 Å². The number of nitrogens with zero attached hydrogens (tertiary/aromatic N) is 2. The minimum absolute atomic E-state index is 0.194. The molecule has 3 N–H and O–H groups in total. The number of imidazole rings is 1. The van der Waals surface area contributed by atoms with Crippen molar-refractivity contribution >= 4 is 5.91 Å². The molecule has 2 unspecified atom stereocenters. The fourth-order valence-electron chi connectivity index (χ4n) is 3.49. The van der Waals surface area contributed by atoms with Crippen molar-refractivity contribution in [2.45, 2.75) is 58.5 Å². The number of nitrogens with one attached hydrogen (secondary N) is 1.